The number of hydrogen-bond acceptors (Lipinski definition) is 5. The smallest absolute Gasteiger partial charge is 0.134 e. The summed E-state index contributed by atoms with van der Waals surface area (Å²) in [5.41, 5.74) is 3.53. The summed E-state index contributed by atoms with van der Waals surface area (Å²) in [5.74, 6) is 1.14. The SMILES string of the molecule is Cn1cc(CN2CCC3(CC2)Nc2cc(Cl)ccc2C2=NCCN23)cn1. The van der Waals surface area contributed by atoms with E-state index in [0.717, 1.165) is 62.1 Å². The van der Waals surface area contributed by atoms with Gasteiger partial charge in [-0.05, 0) is 18.2 Å². The molecule has 0 aliphatic carbocycles. The molecule has 1 aromatic carbocycles. The van der Waals surface area contributed by atoms with Crippen LogP contribution in [0.25, 0.3) is 0 Å². The molecule has 1 fully saturated rings. The van der Waals surface area contributed by atoms with Gasteiger partial charge in [0.25, 0.3) is 0 Å². The number of halogens is 1. The minimum atomic E-state index is -0.0432. The van der Waals surface area contributed by atoms with Crippen molar-refractivity contribution in [1.29, 1.82) is 0 Å². The van der Waals surface area contributed by atoms with Gasteiger partial charge in [-0.25, -0.2) is 0 Å². The molecule has 1 saturated heterocycles. The zero-order valence-electron chi connectivity index (χ0n) is 15.0. The van der Waals surface area contributed by atoms with Crippen molar-refractivity contribution in [2.24, 2.45) is 12.0 Å². The Bertz CT molecular complexity index is 865. The predicted octanol–water partition coefficient (Wildman–Crippen LogP) is 2.55. The summed E-state index contributed by atoms with van der Waals surface area (Å²) in [4.78, 5) is 9.81. The first-order chi connectivity index (χ1) is 12.6. The van der Waals surface area contributed by atoms with E-state index in [1.54, 1.807) is 0 Å². The van der Waals surface area contributed by atoms with Crippen molar-refractivity contribution in [2.45, 2.75) is 25.0 Å². The highest BCUT2D eigenvalue weighted by Crippen LogP contribution is 2.40. The molecule has 1 N–H and O–H groups in total. The fourth-order valence-electron chi connectivity index (χ4n) is 4.52. The zero-order chi connectivity index (χ0) is 17.7. The summed E-state index contributed by atoms with van der Waals surface area (Å²) >= 11 is 6.25. The summed E-state index contributed by atoms with van der Waals surface area (Å²) in [7, 11) is 1.97. The number of hydrogen-bond donors (Lipinski definition) is 1. The normalized spacial score (nSPS) is 21.3. The van der Waals surface area contributed by atoms with Crippen molar-refractivity contribution >= 4 is 23.1 Å². The van der Waals surface area contributed by atoms with Crippen LogP contribution in [0.15, 0.2) is 35.6 Å². The highest BCUT2D eigenvalue weighted by Gasteiger charge is 2.46. The molecule has 0 bridgehead atoms. The van der Waals surface area contributed by atoms with Gasteiger partial charge >= 0.3 is 0 Å². The van der Waals surface area contributed by atoms with Crippen LogP contribution in [-0.2, 0) is 13.6 Å². The van der Waals surface area contributed by atoms with Crippen LogP contribution < -0.4 is 5.32 Å². The number of nitrogens with one attached hydrogen (secondary N) is 1. The largest absolute Gasteiger partial charge is 0.362 e. The fraction of sp³-hybridized carbons (Fsp3) is 0.474. The first-order valence-corrected chi connectivity index (χ1v) is 9.61. The lowest BCUT2D eigenvalue weighted by atomic mass is 9.90. The maximum atomic E-state index is 6.25. The lowest BCUT2D eigenvalue weighted by Gasteiger charge is -2.52. The van der Waals surface area contributed by atoms with Crippen LogP contribution in [0.1, 0.15) is 24.0 Å². The molecule has 0 unspecified atom stereocenters. The molecule has 3 aliphatic heterocycles. The van der Waals surface area contributed by atoms with Gasteiger partial charge in [0.05, 0.1) is 12.7 Å². The Morgan fingerprint density at radius 2 is 2.08 bits per heavy atom. The number of fused-ring (bicyclic) bond motifs is 4. The summed E-state index contributed by atoms with van der Waals surface area (Å²) in [5, 5.41) is 8.88. The highest BCUT2D eigenvalue weighted by atomic mass is 35.5. The Hall–Kier alpha value is -2.05. The van der Waals surface area contributed by atoms with Gasteiger partial charge in [-0.1, -0.05) is 11.6 Å². The van der Waals surface area contributed by atoms with Gasteiger partial charge in [0.2, 0.25) is 0 Å². The van der Waals surface area contributed by atoms with Crippen LogP contribution in [0.3, 0.4) is 0 Å². The molecule has 0 radical (unpaired) electrons. The third-order valence-electron chi connectivity index (χ3n) is 5.80. The monoisotopic (exact) mass is 370 g/mol. The second kappa shape index (κ2) is 5.99. The summed E-state index contributed by atoms with van der Waals surface area (Å²) < 4.78 is 1.87. The molecule has 3 aliphatic rings. The molecular weight excluding hydrogens is 348 g/mol. The van der Waals surface area contributed by atoms with Crippen molar-refractivity contribution in [2.75, 3.05) is 31.5 Å². The van der Waals surface area contributed by atoms with Crippen LogP contribution in [0.4, 0.5) is 5.69 Å². The maximum absolute atomic E-state index is 6.25. The Kier molecular flexibility index (Phi) is 3.72. The standard InChI is InChI=1S/C19H23ClN6/c1-24-12-14(11-22-24)13-25-7-4-19(5-8-25)23-17-10-15(20)2-3-16(17)18-21-6-9-26(18)19/h2-3,10-12,23H,4-9,13H2,1H3. The zero-order valence-corrected chi connectivity index (χ0v) is 15.7. The molecule has 26 heavy (non-hydrogen) atoms. The van der Waals surface area contributed by atoms with Crippen molar-refractivity contribution in [3.05, 3.63) is 46.7 Å². The molecule has 1 aromatic heterocycles. The Morgan fingerprint density at radius 3 is 2.85 bits per heavy atom. The molecule has 2 aromatic rings. The second-order valence-electron chi connectivity index (χ2n) is 7.50. The molecule has 0 amide bonds. The molecule has 136 valence electrons. The summed E-state index contributed by atoms with van der Waals surface area (Å²) in [6.45, 7) is 4.95. The number of benzene rings is 1. The second-order valence-corrected chi connectivity index (χ2v) is 7.94. The Labute approximate surface area is 158 Å². The minimum absolute atomic E-state index is 0.0432. The van der Waals surface area contributed by atoms with Gasteiger partial charge in [0, 0.05) is 74.1 Å². The number of aromatic nitrogens is 2. The van der Waals surface area contributed by atoms with E-state index in [0.29, 0.717) is 0 Å². The Balaban J connectivity index is 1.37. The topological polar surface area (TPSA) is 48.7 Å². The number of aryl methyl sites for hydroxylation is 1. The molecule has 1 spiro atoms. The quantitative estimate of drug-likeness (QED) is 0.882. The molecule has 7 heteroatoms. The highest BCUT2D eigenvalue weighted by molar-refractivity contribution is 6.31. The average molecular weight is 371 g/mol. The average Bonchev–Trinajstić information content (AvgIpc) is 3.27. The van der Waals surface area contributed by atoms with E-state index in [-0.39, 0.29) is 5.66 Å². The number of likely N-dealkylation sites (tertiary alicyclic amines) is 1. The summed E-state index contributed by atoms with van der Waals surface area (Å²) in [6.07, 6.45) is 6.20. The van der Waals surface area contributed by atoms with E-state index in [2.05, 4.69) is 32.5 Å². The van der Waals surface area contributed by atoms with E-state index >= 15 is 0 Å². The van der Waals surface area contributed by atoms with Gasteiger partial charge in [-0.3, -0.25) is 14.6 Å². The predicted molar refractivity (Wildman–Crippen MR) is 104 cm³/mol. The number of nitrogens with zero attached hydrogens (tertiary/aromatic N) is 5. The molecule has 4 heterocycles. The molecule has 5 rings (SSSR count). The third-order valence-corrected chi connectivity index (χ3v) is 6.03. The van der Waals surface area contributed by atoms with Gasteiger partial charge in [0.1, 0.15) is 11.5 Å². The van der Waals surface area contributed by atoms with Gasteiger partial charge in [-0.15, -0.1) is 0 Å². The van der Waals surface area contributed by atoms with Gasteiger partial charge < -0.3 is 10.2 Å². The first kappa shape index (κ1) is 16.1. The van der Waals surface area contributed by atoms with E-state index < -0.39 is 0 Å². The van der Waals surface area contributed by atoms with E-state index in [1.807, 2.05) is 30.1 Å². The van der Waals surface area contributed by atoms with Crippen LogP contribution in [0.5, 0.6) is 0 Å². The number of amidine groups is 1. The number of aliphatic imine (C=N–C) groups is 1. The minimum Gasteiger partial charge on any atom is -0.362 e. The maximum Gasteiger partial charge on any atom is 0.134 e. The van der Waals surface area contributed by atoms with E-state index in [9.17, 15) is 0 Å². The number of anilines is 1. The molecule has 0 saturated carbocycles. The van der Waals surface area contributed by atoms with Crippen molar-refractivity contribution in [3.63, 3.8) is 0 Å². The Morgan fingerprint density at radius 1 is 1.23 bits per heavy atom. The molecular formula is C19H23ClN6. The molecule has 0 atom stereocenters. The fourth-order valence-corrected chi connectivity index (χ4v) is 4.69. The first-order valence-electron chi connectivity index (χ1n) is 9.23. The summed E-state index contributed by atoms with van der Waals surface area (Å²) in [6, 6.07) is 6.08. The van der Waals surface area contributed by atoms with Crippen LogP contribution in [0.2, 0.25) is 5.02 Å². The van der Waals surface area contributed by atoms with Crippen LogP contribution in [0, 0.1) is 0 Å². The van der Waals surface area contributed by atoms with E-state index in [4.69, 9.17) is 16.6 Å². The third kappa shape index (κ3) is 2.59. The van der Waals surface area contributed by atoms with Crippen molar-refractivity contribution in [1.82, 2.24) is 19.6 Å². The van der Waals surface area contributed by atoms with Gasteiger partial charge in [0.15, 0.2) is 0 Å². The van der Waals surface area contributed by atoms with Crippen molar-refractivity contribution < 1.29 is 0 Å². The van der Waals surface area contributed by atoms with Gasteiger partial charge in [-0.2, -0.15) is 5.10 Å². The molecule has 6 nitrogen and oxygen atoms in total. The van der Waals surface area contributed by atoms with Crippen LogP contribution in [-0.4, -0.2) is 57.3 Å². The van der Waals surface area contributed by atoms with Crippen molar-refractivity contribution in [3.8, 4) is 0 Å². The van der Waals surface area contributed by atoms with Crippen LogP contribution >= 0.6 is 11.6 Å². The number of piperidine rings is 1. The number of rotatable bonds is 2. The van der Waals surface area contributed by atoms with E-state index in [1.165, 1.54) is 11.1 Å². The lowest BCUT2D eigenvalue weighted by molar-refractivity contribution is 0.0896. The lowest BCUT2D eigenvalue weighted by Crippen LogP contribution is -2.63.